The quantitative estimate of drug-likeness (QED) is 0.136. The molecule has 58 heavy (non-hydrogen) atoms. The van der Waals surface area contributed by atoms with E-state index in [1.807, 2.05) is 0 Å². The van der Waals surface area contributed by atoms with E-state index in [0.29, 0.717) is 64.5 Å². The molecule has 16 nitrogen and oxygen atoms in total. The Kier molecular flexibility index (Phi) is 13.9. The van der Waals surface area contributed by atoms with Crippen LogP contribution in [0.15, 0.2) is 91.5 Å². The van der Waals surface area contributed by atoms with Crippen LogP contribution in [0.1, 0.15) is 32.0 Å². The topological polar surface area (TPSA) is 197 Å². The Morgan fingerprint density at radius 1 is 0.828 bits per heavy atom. The van der Waals surface area contributed by atoms with Crippen LogP contribution < -0.4 is 22.0 Å². The fourth-order valence-corrected chi connectivity index (χ4v) is 6.56. The van der Waals surface area contributed by atoms with E-state index in [0.717, 1.165) is 0 Å². The van der Waals surface area contributed by atoms with Crippen molar-refractivity contribution < 1.29 is 14.0 Å². The normalized spacial score (nSPS) is 10.3. The monoisotopic (exact) mass is 944 g/mol. The second-order valence-corrected chi connectivity index (χ2v) is 14.0. The van der Waals surface area contributed by atoms with Crippen molar-refractivity contribution in [3.63, 3.8) is 0 Å². The summed E-state index contributed by atoms with van der Waals surface area (Å²) in [5.41, 5.74) is 7.38. The van der Waals surface area contributed by atoms with Gasteiger partial charge >= 0.3 is 5.63 Å². The molecule has 0 fully saturated rings. The first kappa shape index (κ1) is 42.9. The number of nitrogens with one attached hydrogen (secondary N) is 2. The van der Waals surface area contributed by atoms with Crippen molar-refractivity contribution >= 4 is 94.8 Å². The van der Waals surface area contributed by atoms with Gasteiger partial charge in [-0.2, -0.15) is 10.2 Å². The van der Waals surface area contributed by atoms with Gasteiger partial charge in [0, 0.05) is 31.6 Å². The number of carbonyl (C=O) groups is 2. The third-order valence-electron chi connectivity index (χ3n) is 7.89. The lowest BCUT2D eigenvalue weighted by atomic mass is 10.1. The van der Waals surface area contributed by atoms with Crippen LogP contribution in [0, 0.1) is 27.0 Å². The second kappa shape index (κ2) is 18.8. The summed E-state index contributed by atoms with van der Waals surface area (Å²) in [6, 6.07) is 16.0. The first-order valence-corrected chi connectivity index (χ1v) is 18.9. The molecule has 5 aromatic heterocycles. The first-order valence-electron chi connectivity index (χ1n) is 16.5. The average molecular weight is 947 g/mol. The predicted octanol–water partition coefficient (Wildman–Crippen LogP) is 8.44. The minimum Gasteiger partial charge on any atom is -0.401 e. The zero-order valence-corrected chi connectivity index (χ0v) is 35.4. The number of anilines is 1. The number of rotatable bonds is 6. The number of halogens is 4. The predicted molar refractivity (Wildman–Crippen MR) is 227 cm³/mol. The number of pyridine rings is 2. The van der Waals surface area contributed by atoms with E-state index < -0.39 is 17.4 Å². The number of hydrogen-bond donors (Lipinski definition) is 3. The van der Waals surface area contributed by atoms with Crippen LogP contribution in [0.25, 0.3) is 43.8 Å². The van der Waals surface area contributed by atoms with Crippen molar-refractivity contribution in [2.75, 3.05) is 19.4 Å². The van der Waals surface area contributed by atoms with E-state index in [9.17, 15) is 14.4 Å². The van der Waals surface area contributed by atoms with Gasteiger partial charge in [-0.15, -0.1) is 0 Å². The maximum absolute atomic E-state index is 13.0. The molecule has 7 aromatic rings. The number of fused-ring (bicyclic) bond motifs is 1. The summed E-state index contributed by atoms with van der Waals surface area (Å²) in [5, 5.41) is 14.8. The zero-order valence-electron chi connectivity index (χ0n) is 30.7. The van der Waals surface area contributed by atoms with Crippen molar-refractivity contribution in [1.82, 2.24) is 39.8 Å². The highest BCUT2D eigenvalue weighted by Gasteiger charge is 2.23. The van der Waals surface area contributed by atoms with Gasteiger partial charge in [0.1, 0.15) is 20.6 Å². The van der Waals surface area contributed by atoms with Crippen LogP contribution in [-0.2, 0) is 0 Å². The summed E-state index contributed by atoms with van der Waals surface area (Å²) in [7, 11) is 2.98. The summed E-state index contributed by atoms with van der Waals surface area (Å²) >= 11 is 19.0. The SMILES string of the molecule is CN.[C-]#[N+]c1cc(C)c(NC(=O)c2cc(Br)nn2-c2ncccc2Cl)c(C(=O)NC)c1.[C-]#[N+]c1cc(C)c2nc(-c3cc(Br)nn3-c3ncccc3Cl)oc(=O)c2c1. The third-order valence-corrected chi connectivity index (χ3v) is 9.25. The van der Waals surface area contributed by atoms with Gasteiger partial charge in [0.05, 0.1) is 45.3 Å². The van der Waals surface area contributed by atoms with Crippen molar-refractivity contribution in [2.45, 2.75) is 13.8 Å². The summed E-state index contributed by atoms with van der Waals surface area (Å²) in [4.78, 5) is 57.5. The number of amides is 2. The molecule has 7 rings (SSSR count). The number of benzene rings is 2. The standard InChI is InChI=1S/C19H14BrClN6O2.C18H9BrClN5O2.CH5N/c1-10-7-11(22-2)8-12(18(28)23-3)16(10)25-19(29)14-9-15(20)26-27(14)17-13(21)5-4-6-24-17;1-9-6-10(21-2)7-11-15(9)23-17(27-18(11)26)13-8-14(19)24-25(13)16-12(20)4-3-5-22-16;1-2/h4-9H,1,3H3,(H,23,28)(H,25,29);3-8H,1H3;2H2,1H3. The van der Waals surface area contributed by atoms with Gasteiger partial charge in [-0.3, -0.25) is 9.59 Å². The molecular formula is C38H28Br2Cl2N12O4. The van der Waals surface area contributed by atoms with Crippen molar-refractivity contribution in [2.24, 2.45) is 5.73 Å². The van der Waals surface area contributed by atoms with Crippen molar-refractivity contribution in [1.29, 1.82) is 0 Å². The van der Waals surface area contributed by atoms with E-state index in [2.05, 4.69) is 83.1 Å². The largest absolute Gasteiger partial charge is 0.401 e. The molecule has 0 aliphatic rings. The zero-order chi connectivity index (χ0) is 42.3. The molecule has 0 bridgehead atoms. The fourth-order valence-electron chi connectivity index (χ4n) is 5.40. The number of aryl methyl sites for hydroxylation is 2. The second-order valence-electron chi connectivity index (χ2n) is 11.6. The smallest absolute Gasteiger partial charge is 0.345 e. The Morgan fingerprint density at radius 2 is 1.40 bits per heavy atom. The number of hydrogen-bond acceptors (Lipinski definition) is 10. The van der Waals surface area contributed by atoms with Crippen LogP contribution in [-0.4, -0.2) is 60.4 Å². The molecule has 2 aromatic carbocycles. The van der Waals surface area contributed by atoms with Crippen molar-refractivity contribution in [3.05, 3.63) is 148 Å². The van der Waals surface area contributed by atoms with E-state index >= 15 is 0 Å². The number of nitrogens with zero attached hydrogens (tertiary/aromatic N) is 9. The van der Waals surface area contributed by atoms with Crippen LogP contribution in [0.4, 0.5) is 17.1 Å². The molecule has 0 spiro atoms. The Labute approximate surface area is 356 Å². The van der Waals surface area contributed by atoms with Gasteiger partial charge in [0.25, 0.3) is 11.8 Å². The number of carbonyl (C=O) groups excluding carboxylic acids is 2. The number of nitrogens with two attached hydrogens (primary N) is 1. The molecule has 5 heterocycles. The maximum atomic E-state index is 13.0. The molecule has 0 aliphatic carbocycles. The Morgan fingerprint density at radius 3 is 2.00 bits per heavy atom. The van der Waals surface area contributed by atoms with Gasteiger partial charge in [-0.1, -0.05) is 35.3 Å². The van der Waals surface area contributed by atoms with E-state index in [1.54, 1.807) is 62.5 Å². The fraction of sp³-hybridized carbons (Fsp3) is 0.105. The van der Waals surface area contributed by atoms with Gasteiger partial charge < -0.3 is 20.8 Å². The van der Waals surface area contributed by atoms with E-state index in [1.165, 1.54) is 47.9 Å². The van der Waals surface area contributed by atoms with Crippen molar-refractivity contribution in [3.8, 4) is 23.2 Å². The molecule has 0 unspecified atom stereocenters. The maximum Gasteiger partial charge on any atom is 0.345 e. The van der Waals surface area contributed by atoms with Gasteiger partial charge in [-0.25, -0.2) is 38.8 Å². The van der Waals surface area contributed by atoms with Crippen LogP contribution in [0.2, 0.25) is 10.0 Å². The number of aromatic nitrogens is 7. The third kappa shape index (κ3) is 9.13. The molecule has 0 saturated carbocycles. The molecule has 2 amide bonds. The molecular weight excluding hydrogens is 919 g/mol. The molecule has 20 heteroatoms. The Balaban J connectivity index is 0.000000212. The Hall–Kier alpha value is -6.28. The minimum absolute atomic E-state index is 0.0751. The molecule has 0 atom stereocenters. The van der Waals surface area contributed by atoms with Crippen LogP contribution in [0.3, 0.4) is 0 Å². The van der Waals surface area contributed by atoms with Gasteiger partial charge in [-0.05, 0) is 100 Å². The highest BCUT2D eigenvalue weighted by Crippen LogP contribution is 2.31. The minimum atomic E-state index is -0.584. The highest BCUT2D eigenvalue weighted by atomic mass is 79.9. The van der Waals surface area contributed by atoms with Gasteiger partial charge in [0.15, 0.2) is 23.0 Å². The van der Waals surface area contributed by atoms with E-state index in [4.69, 9.17) is 40.8 Å². The lowest BCUT2D eigenvalue weighted by Gasteiger charge is -2.15. The van der Waals surface area contributed by atoms with Crippen LogP contribution >= 0.6 is 55.1 Å². The lowest BCUT2D eigenvalue weighted by molar-refractivity contribution is 0.0964. The van der Waals surface area contributed by atoms with E-state index in [-0.39, 0.29) is 28.4 Å². The van der Waals surface area contributed by atoms with Gasteiger partial charge in [0.2, 0.25) is 5.89 Å². The summed E-state index contributed by atoms with van der Waals surface area (Å²) in [6.45, 7) is 17.8. The highest BCUT2D eigenvalue weighted by molar-refractivity contribution is 9.10. The van der Waals surface area contributed by atoms with Crippen LogP contribution in [0.5, 0.6) is 0 Å². The Bertz CT molecular complexity index is 2860. The summed E-state index contributed by atoms with van der Waals surface area (Å²) in [6.07, 6.45) is 3.12. The first-order chi connectivity index (χ1) is 27.8. The lowest BCUT2D eigenvalue weighted by Crippen LogP contribution is -2.23. The average Bonchev–Trinajstić information content (AvgIpc) is 3.81. The molecule has 4 N–H and O–H groups in total. The molecule has 292 valence electrons. The summed E-state index contributed by atoms with van der Waals surface area (Å²) < 4.78 is 9.10. The summed E-state index contributed by atoms with van der Waals surface area (Å²) in [5.74, 6) is -0.197. The molecule has 0 aliphatic heterocycles. The molecule has 0 saturated heterocycles. The molecule has 0 radical (unpaired) electrons.